The number of hydrogen-bond acceptors (Lipinski definition) is 3. The first-order valence-corrected chi connectivity index (χ1v) is 10.6. The van der Waals surface area contributed by atoms with Crippen molar-refractivity contribution in [3.63, 3.8) is 0 Å². The number of nitrogens with one attached hydrogen (secondary N) is 2. The van der Waals surface area contributed by atoms with Gasteiger partial charge in [0.05, 0.1) is 18.2 Å². The molecule has 6 nitrogen and oxygen atoms in total. The summed E-state index contributed by atoms with van der Waals surface area (Å²) in [6.07, 6.45) is -4.44. The van der Waals surface area contributed by atoms with Gasteiger partial charge in [-0.05, 0) is 35.4 Å². The monoisotopic (exact) mass is 482 g/mol. The lowest BCUT2D eigenvalue weighted by Crippen LogP contribution is -2.42. The molecule has 0 saturated carbocycles. The zero-order valence-corrected chi connectivity index (χ0v) is 18.5. The maximum absolute atomic E-state index is 13.3. The van der Waals surface area contributed by atoms with Gasteiger partial charge >= 0.3 is 12.1 Å². The third-order valence-electron chi connectivity index (χ3n) is 5.62. The number of ether oxygens (including phenoxy) is 1. The minimum absolute atomic E-state index is 0.0346. The summed E-state index contributed by atoms with van der Waals surface area (Å²) in [4.78, 5) is 28.1. The van der Waals surface area contributed by atoms with Crippen molar-refractivity contribution in [1.82, 2.24) is 10.3 Å². The highest BCUT2D eigenvalue weighted by atomic mass is 19.4. The molecular weight excluding hydrogens is 461 g/mol. The van der Waals surface area contributed by atoms with Gasteiger partial charge in [-0.1, -0.05) is 42.5 Å². The van der Waals surface area contributed by atoms with Crippen LogP contribution in [0.5, 0.6) is 5.75 Å². The van der Waals surface area contributed by atoms with Gasteiger partial charge in [-0.25, -0.2) is 4.79 Å². The molecule has 0 aliphatic rings. The van der Waals surface area contributed by atoms with Gasteiger partial charge in [0.25, 0.3) is 5.91 Å². The molecule has 0 bridgehead atoms. The highest BCUT2D eigenvalue weighted by molar-refractivity contribution is 6.10. The molecule has 0 aliphatic heterocycles. The Labute approximate surface area is 198 Å². The van der Waals surface area contributed by atoms with Crippen molar-refractivity contribution in [2.75, 3.05) is 7.11 Å². The van der Waals surface area contributed by atoms with E-state index in [1.165, 1.54) is 19.2 Å². The van der Waals surface area contributed by atoms with E-state index in [-0.39, 0.29) is 12.1 Å². The van der Waals surface area contributed by atoms with Crippen LogP contribution < -0.4 is 10.1 Å². The Hall–Kier alpha value is -4.27. The van der Waals surface area contributed by atoms with Crippen molar-refractivity contribution in [2.24, 2.45) is 0 Å². The van der Waals surface area contributed by atoms with Gasteiger partial charge in [-0.2, -0.15) is 13.2 Å². The third kappa shape index (κ3) is 5.13. The van der Waals surface area contributed by atoms with E-state index < -0.39 is 29.7 Å². The second kappa shape index (κ2) is 9.54. The zero-order valence-electron chi connectivity index (χ0n) is 18.5. The van der Waals surface area contributed by atoms with Crippen LogP contribution in [-0.2, 0) is 17.4 Å². The first-order chi connectivity index (χ1) is 16.7. The molecule has 0 aliphatic carbocycles. The van der Waals surface area contributed by atoms with Gasteiger partial charge in [-0.3, -0.25) is 4.79 Å². The Bertz CT molecular complexity index is 1360. The third-order valence-corrected chi connectivity index (χ3v) is 5.62. The largest absolute Gasteiger partial charge is 0.497 e. The number of aromatic amines is 1. The molecule has 1 aromatic heterocycles. The predicted molar refractivity (Wildman–Crippen MR) is 124 cm³/mol. The van der Waals surface area contributed by atoms with Gasteiger partial charge in [-0.15, -0.1) is 0 Å². The lowest BCUT2D eigenvalue weighted by Gasteiger charge is -2.15. The molecule has 0 spiro atoms. The topological polar surface area (TPSA) is 91.4 Å². The number of benzene rings is 3. The predicted octanol–water partition coefficient (Wildman–Crippen LogP) is 5.29. The Balaban J connectivity index is 1.75. The molecule has 1 heterocycles. The number of aliphatic carboxylic acids is 1. The van der Waals surface area contributed by atoms with Crippen molar-refractivity contribution in [3.05, 3.63) is 89.6 Å². The van der Waals surface area contributed by atoms with Crippen molar-refractivity contribution >= 4 is 22.8 Å². The normalized spacial score (nSPS) is 12.3. The van der Waals surface area contributed by atoms with Crippen LogP contribution in [-0.4, -0.2) is 35.1 Å². The number of halogens is 3. The highest BCUT2D eigenvalue weighted by Crippen LogP contribution is 2.36. The lowest BCUT2D eigenvalue weighted by atomic mass is 9.99. The van der Waals surface area contributed by atoms with Gasteiger partial charge < -0.3 is 20.1 Å². The fourth-order valence-electron chi connectivity index (χ4n) is 3.88. The molecule has 0 fully saturated rings. The Kier molecular flexibility index (Phi) is 6.50. The van der Waals surface area contributed by atoms with Crippen molar-refractivity contribution < 1.29 is 32.6 Å². The minimum atomic E-state index is -4.50. The number of carboxylic acid groups (broad SMARTS) is 1. The van der Waals surface area contributed by atoms with Gasteiger partial charge in [0.1, 0.15) is 17.5 Å². The Morgan fingerprint density at radius 3 is 2.31 bits per heavy atom. The van der Waals surface area contributed by atoms with Gasteiger partial charge in [0, 0.05) is 23.4 Å². The number of methoxy groups -OCH3 is 1. The Morgan fingerprint density at radius 1 is 1.03 bits per heavy atom. The average molecular weight is 482 g/mol. The number of H-pyrrole nitrogens is 1. The van der Waals surface area contributed by atoms with Gasteiger partial charge in [0.15, 0.2) is 0 Å². The lowest BCUT2D eigenvalue weighted by molar-refractivity contribution is -0.139. The number of carboxylic acids is 1. The minimum Gasteiger partial charge on any atom is -0.497 e. The van der Waals surface area contributed by atoms with Crippen LogP contribution in [0.2, 0.25) is 0 Å². The summed E-state index contributed by atoms with van der Waals surface area (Å²) < 4.78 is 44.4. The molecule has 1 atom stereocenters. The van der Waals surface area contributed by atoms with Crippen LogP contribution in [0.3, 0.4) is 0 Å². The SMILES string of the molecule is COc1ccc2c(-c3ccc(C(F)(F)F)cc3)c(C(=O)N[C@@H](Cc3ccccc3)C(=O)O)[nH]c2c1. The number of amides is 1. The number of carbonyl (C=O) groups is 2. The van der Waals surface area contributed by atoms with Crippen LogP contribution in [0.4, 0.5) is 13.2 Å². The zero-order chi connectivity index (χ0) is 25.2. The quantitative estimate of drug-likeness (QED) is 0.334. The number of alkyl halides is 3. The van der Waals surface area contributed by atoms with Crippen LogP contribution in [0.25, 0.3) is 22.0 Å². The number of rotatable bonds is 7. The molecule has 4 rings (SSSR count). The summed E-state index contributed by atoms with van der Waals surface area (Å²) in [6, 6.07) is 17.1. The number of carbonyl (C=O) groups excluding carboxylic acids is 1. The van der Waals surface area contributed by atoms with Crippen LogP contribution >= 0.6 is 0 Å². The van der Waals surface area contributed by atoms with E-state index in [9.17, 15) is 27.9 Å². The van der Waals surface area contributed by atoms with Crippen molar-refractivity contribution in [3.8, 4) is 16.9 Å². The molecule has 4 aromatic rings. The first kappa shape index (κ1) is 23.9. The fourth-order valence-corrected chi connectivity index (χ4v) is 3.88. The Morgan fingerprint density at radius 2 is 1.71 bits per heavy atom. The molecule has 3 N–H and O–H groups in total. The van der Waals surface area contributed by atoms with E-state index in [4.69, 9.17) is 4.74 Å². The van der Waals surface area contributed by atoms with E-state index in [0.717, 1.165) is 17.7 Å². The number of aromatic nitrogens is 1. The smallest absolute Gasteiger partial charge is 0.416 e. The summed E-state index contributed by atoms with van der Waals surface area (Å²) in [7, 11) is 1.48. The second-order valence-electron chi connectivity index (χ2n) is 7.92. The first-order valence-electron chi connectivity index (χ1n) is 10.6. The average Bonchev–Trinajstić information content (AvgIpc) is 3.22. The van der Waals surface area contributed by atoms with Crippen LogP contribution in [0.15, 0.2) is 72.8 Å². The molecule has 35 heavy (non-hydrogen) atoms. The summed E-state index contributed by atoms with van der Waals surface area (Å²) in [5.74, 6) is -1.40. The molecule has 0 unspecified atom stereocenters. The highest BCUT2D eigenvalue weighted by Gasteiger charge is 2.31. The second-order valence-corrected chi connectivity index (χ2v) is 7.92. The van der Waals surface area contributed by atoms with Crippen molar-refractivity contribution in [1.29, 1.82) is 0 Å². The molecule has 9 heteroatoms. The number of fused-ring (bicyclic) bond motifs is 1. The summed E-state index contributed by atoms with van der Waals surface area (Å²) >= 11 is 0. The summed E-state index contributed by atoms with van der Waals surface area (Å²) in [5, 5.41) is 12.8. The molecule has 0 radical (unpaired) electrons. The molecule has 180 valence electrons. The molecule has 3 aromatic carbocycles. The maximum Gasteiger partial charge on any atom is 0.416 e. The molecular formula is C26H21F3N2O4. The van der Waals surface area contributed by atoms with Gasteiger partial charge in [0.2, 0.25) is 0 Å². The van der Waals surface area contributed by atoms with E-state index >= 15 is 0 Å². The summed E-state index contributed by atoms with van der Waals surface area (Å²) in [6.45, 7) is 0. The molecule has 0 saturated heterocycles. The van der Waals surface area contributed by atoms with E-state index in [2.05, 4.69) is 10.3 Å². The fraction of sp³-hybridized carbons (Fsp3) is 0.154. The summed E-state index contributed by atoms with van der Waals surface area (Å²) in [5.41, 5.74) is 1.19. The number of hydrogen-bond donors (Lipinski definition) is 3. The van der Waals surface area contributed by atoms with Crippen molar-refractivity contribution in [2.45, 2.75) is 18.6 Å². The van der Waals surface area contributed by atoms with Crippen LogP contribution in [0, 0.1) is 0 Å². The molecule has 1 amide bonds. The maximum atomic E-state index is 13.3. The standard InChI is InChI=1S/C26H21F3N2O4/c1-35-18-11-12-19-20(14-18)30-23(22(19)16-7-9-17(10-8-16)26(27,28)29)24(32)31-21(25(33)34)13-15-5-3-2-4-6-15/h2-12,14,21,30H,13H2,1H3,(H,31,32)(H,33,34)/t21-/m0/s1. The van der Waals surface area contributed by atoms with E-state index in [1.54, 1.807) is 48.5 Å². The van der Waals surface area contributed by atoms with Crippen LogP contribution in [0.1, 0.15) is 21.6 Å². The van der Waals surface area contributed by atoms with E-state index in [0.29, 0.717) is 27.8 Å². The van der Waals surface area contributed by atoms with E-state index in [1.807, 2.05) is 0 Å².